The highest BCUT2D eigenvalue weighted by Gasteiger charge is 2.20. The summed E-state index contributed by atoms with van der Waals surface area (Å²) in [7, 11) is -1.08. The van der Waals surface area contributed by atoms with E-state index in [4.69, 9.17) is 0 Å². The third-order valence-electron chi connectivity index (χ3n) is 5.82. The zero-order valence-electron chi connectivity index (χ0n) is 19.3. The van der Waals surface area contributed by atoms with Crippen LogP contribution in [0.3, 0.4) is 0 Å². The van der Waals surface area contributed by atoms with Crippen molar-refractivity contribution < 1.29 is 12.6 Å². The van der Waals surface area contributed by atoms with Crippen LogP contribution in [-0.4, -0.2) is 52.1 Å². The molecule has 35 heavy (non-hydrogen) atoms. The Balaban J connectivity index is 1.50. The lowest BCUT2D eigenvalue weighted by Gasteiger charge is -2.12. The zero-order valence-corrected chi connectivity index (χ0v) is 21.0. The number of pyridine rings is 1. The predicted octanol–water partition coefficient (Wildman–Crippen LogP) is 4.13. The summed E-state index contributed by atoms with van der Waals surface area (Å²) < 4.78 is 38.7. The van der Waals surface area contributed by atoms with Gasteiger partial charge in [-0.15, -0.1) is 0 Å². The zero-order chi connectivity index (χ0) is 24.7. The van der Waals surface area contributed by atoms with Gasteiger partial charge in [0, 0.05) is 76.2 Å². The van der Waals surface area contributed by atoms with Crippen LogP contribution < -0.4 is 4.90 Å². The molecule has 1 atom stereocenters. The molecule has 3 aromatic heterocycles. The standard InChI is InChI=1S/C25H23N5O3S2/c1-29(2)20-6-4-17(5-7-20)18-12-23-24(15-27-25(23)26-13-18)19-14-28-30(16-19)35(32,33)22-10-8-21(9-11-22)34(3)31/h4-16H,1-3H3,(H,26,27). The molecule has 0 fully saturated rings. The molecule has 0 aliphatic rings. The van der Waals surface area contributed by atoms with Gasteiger partial charge in [0.2, 0.25) is 0 Å². The molecule has 1 N–H and O–H groups in total. The van der Waals surface area contributed by atoms with Gasteiger partial charge < -0.3 is 9.88 Å². The topological polar surface area (TPSA) is 101 Å². The van der Waals surface area contributed by atoms with Gasteiger partial charge in [-0.1, -0.05) is 12.1 Å². The number of rotatable bonds is 6. The van der Waals surface area contributed by atoms with Gasteiger partial charge >= 0.3 is 0 Å². The molecule has 0 aliphatic heterocycles. The van der Waals surface area contributed by atoms with E-state index in [1.807, 2.05) is 31.3 Å². The molecule has 1 unspecified atom stereocenters. The van der Waals surface area contributed by atoms with Crippen molar-refractivity contribution in [2.24, 2.45) is 0 Å². The smallest absolute Gasteiger partial charge is 0.282 e. The Morgan fingerprint density at radius 3 is 2.31 bits per heavy atom. The Bertz CT molecular complexity index is 1650. The first-order valence-electron chi connectivity index (χ1n) is 10.7. The first-order valence-corrected chi connectivity index (χ1v) is 13.7. The van der Waals surface area contributed by atoms with Crippen molar-refractivity contribution in [1.82, 2.24) is 19.2 Å². The third-order valence-corrected chi connectivity index (χ3v) is 8.32. The summed E-state index contributed by atoms with van der Waals surface area (Å²) in [6, 6.07) is 16.2. The molecule has 10 heteroatoms. The average Bonchev–Trinajstić information content (AvgIpc) is 3.51. The molecule has 5 aromatic rings. The molecule has 5 rings (SSSR count). The SMILES string of the molecule is CN(C)c1ccc(-c2cnc3[nH]cc(-c4cnn(S(=O)(=O)c5ccc(S(C)=O)cc5)c4)c3c2)cc1. The van der Waals surface area contributed by atoms with Gasteiger partial charge in [-0.2, -0.15) is 17.6 Å². The molecule has 0 bridgehead atoms. The highest BCUT2D eigenvalue weighted by molar-refractivity contribution is 7.89. The fourth-order valence-electron chi connectivity index (χ4n) is 3.84. The normalized spacial score (nSPS) is 12.7. The summed E-state index contributed by atoms with van der Waals surface area (Å²) in [6.07, 6.45) is 8.17. The van der Waals surface area contributed by atoms with Crippen LogP contribution in [0.1, 0.15) is 0 Å². The molecule has 0 spiro atoms. The molecular formula is C25H23N5O3S2. The minimum Gasteiger partial charge on any atom is -0.378 e. The summed E-state index contributed by atoms with van der Waals surface area (Å²) >= 11 is 0. The van der Waals surface area contributed by atoms with Crippen LogP contribution in [0.15, 0.2) is 89.2 Å². The molecule has 8 nitrogen and oxygen atoms in total. The van der Waals surface area contributed by atoms with Crippen LogP contribution >= 0.6 is 0 Å². The van der Waals surface area contributed by atoms with Gasteiger partial charge in [0.1, 0.15) is 5.65 Å². The van der Waals surface area contributed by atoms with Crippen molar-refractivity contribution in [1.29, 1.82) is 0 Å². The minimum absolute atomic E-state index is 0.0744. The van der Waals surface area contributed by atoms with Crippen molar-refractivity contribution in [3.05, 3.63) is 79.4 Å². The van der Waals surface area contributed by atoms with Crippen LogP contribution in [-0.2, 0) is 20.8 Å². The van der Waals surface area contributed by atoms with E-state index in [0.29, 0.717) is 16.1 Å². The predicted molar refractivity (Wildman–Crippen MR) is 138 cm³/mol. The maximum Gasteiger partial charge on any atom is 0.282 e. The van der Waals surface area contributed by atoms with Crippen LogP contribution in [0.4, 0.5) is 5.69 Å². The van der Waals surface area contributed by atoms with Crippen molar-refractivity contribution >= 4 is 37.5 Å². The van der Waals surface area contributed by atoms with Crippen molar-refractivity contribution in [3.63, 3.8) is 0 Å². The number of aromatic amines is 1. The number of anilines is 1. The molecular weight excluding hydrogens is 482 g/mol. The Kier molecular flexibility index (Phi) is 5.78. The number of fused-ring (bicyclic) bond motifs is 1. The van der Waals surface area contributed by atoms with Gasteiger partial charge in [0.15, 0.2) is 0 Å². The second-order valence-corrected chi connectivity index (χ2v) is 11.5. The van der Waals surface area contributed by atoms with E-state index >= 15 is 0 Å². The van der Waals surface area contributed by atoms with Crippen LogP contribution in [0, 0.1) is 0 Å². The van der Waals surface area contributed by atoms with Crippen LogP contribution in [0.25, 0.3) is 33.3 Å². The van der Waals surface area contributed by atoms with Gasteiger partial charge in [0.25, 0.3) is 10.0 Å². The summed E-state index contributed by atoms with van der Waals surface area (Å²) in [5, 5.41) is 4.99. The van der Waals surface area contributed by atoms with E-state index in [0.717, 1.165) is 31.9 Å². The lowest BCUT2D eigenvalue weighted by Crippen LogP contribution is -2.13. The first-order chi connectivity index (χ1) is 16.7. The second kappa shape index (κ2) is 8.79. The summed E-state index contributed by atoms with van der Waals surface area (Å²) in [4.78, 5) is 10.4. The summed E-state index contributed by atoms with van der Waals surface area (Å²) in [6.45, 7) is 0. The highest BCUT2D eigenvalue weighted by Crippen LogP contribution is 2.32. The molecule has 0 radical (unpaired) electrons. The van der Waals surface area contributed by atoms with Crippen LogP contribution in [0.5, 0.6) is 0 Å². The number of hydrogen-bond donors (Lipinski definition) is 1. The van der Waals surface area contributed by atoms with Gasteiger partial charge in [0.05, 0.1) is 17.3 Å². The Morgan fingerprint density at radius 1 is 0.943 bits per heavy atom. The van der Waals surface area contributed by atoms with E-state index in [1.54, 1.807) is 24.6 Å². The van der Waals surface area contributed by atoms with Gasteiger partial charge in [-0.05, 0) is 48.0 Å². The molecule has 2 aromatic carbocycles. The van der Waals surface area contributed by atoms with Crippen molar-refractivity contribution in [2.45, 2.75) is 9.79 Å². The van der Waals surface area contributed by atoms with Crippen LogP contribution in [0.2, 0.25) is 0 Å². The molecule has 3 heterocycles. The average molecular weight is 506 g/mol. The van der Waals surface area contributed by atoms with E-state index < -0.39 is 20.8 Å². The lowest BCUT2D eigenvalue weighted by molar-refractivity contribution is 0.580. The third kappa shape index (κ3) is 4.26. The largest absolute Gasteiger partial charge is 0.378 e. The number of hydrogen-bond acceptors (Lipinski definition) is 6. The monoisotopic (exact) mass is 505 g/mol. The molecule has 0 amide bonds. The number of benzene rings is 2. The number of aromatic nitrogens is 4. The van der Waals surface area contributed by atoms with Gasteiger partial charge in [-0.25, -0.2) is 4.98 Å². The molecule has 178 valence electrons. The van der Waals surface area contributed by atoms with E-state index in [9.17, 15) is 12.6 Å². The number of H-pyrrole nitrogens is 1. The molecule has 0 saturated carbocycles. The Hall–Kier alpha value is -3.76. The van der Waals surface area contributed by atoms with Crippen molar-refractivity contribution in [2.75, 3.05) is 25.3 Å². The minimum atomic E-state index is -3.89. The Morgan fingerprint density at radius 2 is 1.66 bits per heavy atom. The molecule has 0 saturated heterocycles. The highest BCUT2D eigenvalue weighted by atomic mass is 32.2. The fraction of sp³-hybridized carbons (Fsp3) is 0.120. The van der Waals surface area contributed by atoms with E-state index in [-0.39, 0.29) is 4.90 Å². The number of nitrogens with one attached hydrogen (secondary N) is 1. The van der Waals surface area contributed by atoms with E-state index in [2.05, 4.69) is 39.3 Å². The Labute approximate surface area is 205 Å². The van der Waals surface area contributed by atoms with Gasteiger partial charge in [-0.3, -0.25) is 4.21 Å². The lowest BCUT2D eigenvalue weighted by atomic mass is 10.0. The second-order valence-electron chi connectivity index (χ2n) is 8.30. The molecule has 0 aliphatic carbocycles. The fourth-order valence-corrected chi connectivity index (χ4v) is 5.48. The maximum atomic E-state index is 13.1. The van der Waals surface area contributed by atoms with Crippen molar-refractivity contribution in [3.8, 4) is 22.3 Å². The number of nitrogens with zero attached hydrogens (tertiary/aromatic N) is 4. The summed E-state index contributed by atoms with van der Waals surface area (Å²) in [5.74, 6) is 0. The maximum absolute atomic E-state index is 13.1. The first kappa shape index (κ1) is 23.0. The quantitative estimate of drug-likeness (QED) is 0.372. The van der Waals surface area contributed by atoms with E-state index in [1.165, 1.54) is 24.5 Å². The summed E-state index contributed by atoms with van der Waals surface area (Å²) in [5.41, 5.74) is 5.25.